The summed E-state index contributed by atoms with van der Waals surface area (Å²) < 4.78 is 5.44. The van der Waals surface area contributed by atoms with Gasteiger partial charge in [0, 0.05) is 30.1 Å². The van der Waals surface area contributed by atoms with Crippen molar-refractivity contribution < 1.29 is 9.84 Å². The highest BCUT2D eigenvalue weighted by Gasteiger charge is 2.22. The molecule has 0 aliphatic carbocycles. The lowest BCUT2D eigenvalue weighted by molar-refractivity contribution is 0.288. The van der Waals surface area contributed by atoms with E-state index in [0.717, 1.165) is 48.5 Å². The molecule has 5 aromatic rings. The Morgan fingerprint density at radius 1 is 0.674 bits per heavy atom. The highest BCUT2D eigenvalue weighted by Crippen LogP contribution is 2.36. The number of hydrogen-bond donors (Lipinski definition) is 1. The summed E-state index contributed by atoms with van der Waals surface area (Å²) in [5.41, 5.74) is 13.1. The van der Waals surface area contributed by atoms with Crippen LogP contribution in [0, 0.1) is 13.8 Å². The molecule has 1 aliphatic rings. The lowest BCUT2D eigenvalue weighted by atomic mass is 9.94. The van der Waals surface area contributed by atoms with E-state index in [-0.39, 0.29) is 6.61 Å². The zero-order valence-corrected chi connectivity index (χ0v) is 25.0. The van der Waals surface area contributed by atoms with Gasteiger partial charge in [0.2, 0.25) is 0 Å². The van der Waals surface area contributed by atoms with Crippen LogP contribution in [0.3, 0.4) is 0 Å². The summed E-state index contributed by atoms with van der Waals surface area (Å²) in [6, 6.07) is 43.9. The fourth-order valence-electron chi connectivity index (χ4n) is 5.46. The second kappa shape index (κ2) is 13.2. The van der Waals surface area contributed by atoms with E-state index >= 15 is 0 Å². The van der Waals surface area contributed by atoms with Crippen molar-refractivity contribution in [3.63, 3.8) is 0 Å². The molecule has 6 rings (SSSR count). The van der Waals surface area contributed by atoms with E-state index in [1.54, 1.807) is 0 Å². The first-order valence-electron chi connectivity index (χ1n) is 15.2. The second-order valence-electron chi connectivity index (χ2n) is 11.5. The molecule has 1 N–H and O–H groups in total. The van der Waals surface area contributed by atoms with Crippen LogP contribution in [0.1, 0.15) is 45.4 Å². The van der Waals surface area contributed by atoms with Gasteiger partial charge in [-0.05, 0) is 103 Å². The Morgan fingerprint density at radius 3 is 1.60 bits per heavy atom. The van der Waals surface area contributed by atoms with Gasteiger partial charge in [0.15, 0.2) is 0 Å². The molecular weight excluding hydrogens is 526 g/mol. The lowest BCUT2D eigenvalue weighted by Gasteiger charge is -2.26. The normalized spacial score (nSPS) is 13.9. The molecular formula is C40H39NO2. The summed E-state index contributed by atoms with van der Waals surface area (Å²) >= 11 is 0. The summed E-state index contributed by atoms with van der Waals surface area (Å²) in [6.07, 6.45) is 5.27. The number of rotatable bonds is 11. The largest absolute Gasteiger partial charge is 0.396 e. The molecule has 1 atom stereocenters. The molecule has 3 nitrogen and oxygen atoms in total. The van der Waals surface area contributed by atoms with Crippen LogP contribution in [-0.2, 0) is 17.6 Å². The van der Waals surface area contributed by atoms with Gasteiger partial charge in [-0.15, -0.1) is 0 Å². The van der Waals surface area contributed by atoms with Crippen molar-refractivity contribution in [2.45, 2.75) is 39.2 Å². The summed E-state index contributed by atoms with van der Waals surface area (Å²) in [5, 5.41) is 9.26. The first-order valence-corrected chi connectivity index (χ1v) is 15.2. The topological polar surface area (TPSA) is 36.0 Å². The Bertz CT molecular complexity index is 1600. The minimum absolute atomic E-state index is 0.211. The van der Waals surface area contributed by atoms with Gasteiger partial charge in [-0.25, -0.2) is 0 Å². The van der Waals surface area contributed by atoms with Crippen molar-refractivity contribution in [1.29, 1.82) is 0 Å². The molecule has 5 aromatic carbocycles. The predicted molar refractivity (Wildman–Crippen MR) is 179 cm³/mol. The minimum atomic E-state index is 0.211. The Morgan fingerprint density at radius 2 is 1.14 bits per heavy atom. The molecule has 0 radical (unpaired) electrons. The van der Waals surface area contributed by atoms with E-state index in [1.807, 2.05) is 0 Å². The van der Waals surface area contributed by atoms with Crippen LogP contribution in [0.2, 0.25) is 0 Å². The predicted octanol–water partition coefficient (Wildman–Crippen LogP) is 9.23. The maximum atomic E-state index is 9.26. The number of anilines is 3. The Labute approximate surface area is 255 Å². The molecule has 1 saturated heterocycles. The van der Waals surface area contributed by atoms with Crippen molar-refractivity contribution in [3.05, 3.63) is 160 Å². The number of nitrogens with zero attached hydrogens (tertiary/aromatic N) is 1. The van der Waals surface area contributed by atoms with Crippen LogP contribution in [0.25, 0.3) is 11.6 Å². The summed E-state index contributed by atoms with van der Waals surface area (Å²) in [5.74, 6) is 0. The van der Waals surface area contributed by atoms with Gasteiger partial charge in [0.1, 0.15) is 0 Å². The molecule has 0 spiro atoms. The third kappa shape index (κ3) is 7.32. The maximum Gasteiger partial charge on any atom is 0.0850 e. The molecule has 1 fully saturated rings. The monoisotopic (exact) mass is 565 g/mol. The van der Waals surface area contributed by atoms with E-state index in [2.05, 4.69) is 146 Å². The first-order chi connectivity index (χ1) is 21.1. The standard InChI is InChI=1S/C40H39NO2/c1-29-5-15-34(16-6-29)40(35-17-7-30(2)8-18-35)27-33-13-23-38(24-14-33)41(36-19-9-31(10-20-36)4-3-25-42)37-21-11-32(12-22-37)26-39-28-43-39/h5-24,27,39,42H,3-4,25-26,28H2,1-2H3. The van der Waals surface area contributed by atoms with Crippen LogP contribution in [0.4, 0.5) is 17.1 Å². The molecule has 0 amide bonds. The van der Waals surface area contributed by atoms with Crippen LogP contribution in [0.15, 0.2) is 121 Å². The summed E-state index contributed by atoms with van der Waals surface area (Å²) in [4.78, 5) is 2.31. The van der Waals surface area contributed by atoms with Gasteiger partial charge in [-0.1, -0.05) is 96.1 Å². The molecule has 1 unspecified atom stereocenters. The maximum absolute atomic E-state index is 9.26. The second-order valence-corrected chi connectivity index (χ2v) is 11.5. The number of ether oxygens (including phenoxy) is 1. The zero-order chi connectivity index (χ0) is 29.6. The SMILES string of the molecule is Cc1ccc(C(=Cc2ccc(N(c3ccc(CCCO)cc3)c3ccc(CC4CO4)cc3)cc2)c2ccc(C)cc2)cc1. The number of aliphatic hydroxyl groups is 1. The Balaban J connectivity index is 1.34. The van der Waals surface area contributed by atoms with Gasteiger partial charge in [0.05, 0.1) is 12.7 Å². The van der Waals surface area contributed by atoms with Crippen molar-refractivity contribution >= 4 is 28.7 Å². The van der Waals surface area contributed by atoms with E-state index in [4.69, 9.17) is 4.74 Å². The van der Waals surface area contributed by atoms with Gasteiger partial charge in [0.25, 0.3) is 0 Å². The third-order valence-electron chi connectivity index (χ3n) is 8.07. The van der Waals surface area contributed by atoms with Crippen molar-refractivity contribution in [3.8, 4) is 0 Å². The minimum Gasteiger partial charge on any atom is -0.396 e. The number of hydrogen-bond acceptors (Lipinski definition) is 3. The molecule has 3 heteroatoms. The Kier molecular flexibility index (Phi) is 8.83. The van der Waals surface area contributed by atoms with Gasteiger partial charge < -0.3 is 14.7 Å². The fourth-order valence-corrected chi connectivity index (χ4v) is 5.46. The fraction of sp³-hybridized carbons (Fsp3) is 0.200. The van der Waals surface area contributed by atoms with Gasteiger partial charge >= 0.3 is 0 Å². The molecule has 0 bridgehead atoms. The summed E-state index contributed by atoms with van der Waals surface area (Å²) in [6.45, 7) is 5.33. The molecule has 1 aliphatic heterocycles. The highest BCUT2D eigenvalue weighted by molar-refractivity contribution is 5.92. The summed E-state index contributed by atoms with van der Waals surface area (Å²) in [7, 11) is 0. The number of aryl methyl sites for hydroxylation is 3. The van der Waals surface area contributed by atoms with Crippen LogP contribution in [-0.4, -0.2) is 24.4 Å². The van der Waals surface area contributed by atoms with E-state index in [9.17, 15) is 5.11 Å². The van der Waals surface area contributed by atoms with E-state index in [1.165, 1.54) is 39.0 Å². The van der Waals surface area contributed by atoms with E-state index in [0.29, 0.717) is 6.10 Å². The molecule has 0 saturated carbocycles. The smallest absolute Gasteiger partial charge is 0.0850 e. The molecule has 1 heterocycles. The molecule has 0 aromatic heterocycles. The van der Waals surface area contributed by atoms with Crippen LogP contribution in [0.5, 0.6) is 0 Å². The molecule has 216 valence electrons. The van der Waals surface area contributed by atoms with E-state index < -0.39 is 0 Å². The Hall–Kier alpha value is -4.44. The van der Waals surface area contributed by atoms with Crippen LogP contribution >= 0.6 is 0 Å². The van der Waals surface area contributed by atoms with Crippen molar-refractivity contribution in [1.82, 2.24) is 0 Å². The third-order valence-corrected chi connectivity index (χ3v) is 8.07. The number of epoxide rings is 1. The first kappa shape index (κ1) is 28.7. The van der Waals surface area contributed by atoms with Crippen molar-refractivity contribution in [2.75, 3.05) is 18.1 Å². The average molecular weight is 566 g/mol. The van der Waals surface area contributed by atoms with Crippen LogP contribution < -0.4 is 4.90 Å². The van der Waals surface area contributed by atoms with Gasteiger partial charge in [-0.2, -0.15) is 0 Å². The average Bonchev–Trinajstić information content (AvgIpc) is 3.86. The quantitative estimate of drug-likeness (QED) is 0.128. The zero-order valence-electron chi connectivity index (χ0n) is 25.0. The number of benzene rings is 5. The number of aliphatic hydroxyl groups excluding tert-OH is 1. The van der Waals surface area contributed by atoms with Gasteiger partial charge in [-0.3, -0.25) is 0 Å². The lowest BCUT2D eigenvalue weighted by Crippen LogP contribution is -2.10. The molecule has 43 heavy (non-hydrogen) atoms. The van der Waals surface area contributed by atoms with Crippen molar-refractivity contribution in [2.24, 2.45) is 0 Å². The highest BCUT2D eigenvalue weighted by atomic mass is 16.6.